The number of aromatic nitrogens is 2. The van der Waals surface area contributed by atoms with Gasteiger partial charge < -0.3 is 19.8 Å². The second-order valence-electron chi connectivity index (χ2n) is 5.59. The van der Waals surface area contributed by atoms with Crippen LogP contribution >= 0.6 is 0 Å². The highest BCUT2D eigenvalue weighted by molar-refractivity contribution is 5.86. The Kier molecular flexibility index (Phi) is 3.36. The molecule has 0 unspecified atom stereocenters. The quantitative estimate of drug-likeness (QED) is 0.673. The van der Waals surface area contributed by atoms with Gasteiger partial charge >= 0.3 is 5.97 Å². The van der Waals surface area contributed by atoms with Crippen LogP contribution in [-0.4, -0.2) is 26.6 Å². The summed E-state index contributed by atoms with van der Waals surface area (Å²) in [6, 6.07) is 8.01. The van der Waals surface area contributed by atoms with E-state index in [-0.39, 0.29) is 6.01 Å². The highest BCUT2D eigenvalue weighted by Crippen LogP contribution is 2.25. The van der Waals surface area contributed by atoms with Crippen molar-refractivity contribution >= 4 is 22.9 Å². The summed E-state index contributed by atoms with van der Waals surface area (Å²) < 4.78 is 5.22. The molecule has 0 fully saturated rings. The number of H-pyrrole nitrogens is 1. The van der Waals surface area contributed by atoms with Gasteiger partial charge in [0.1, 0.15) is 11.8 Å². The van der Waals surface area contributed by atoms with Gasteiger partial charge in [-0.3, -0.25) is 0 Å². The second-order valence-corrected chi connectivity index (χ2v) is 5.59. The smallest absolute Gasteiger partial charge is 0.329 e. The Labute approximate surface area is 127 Å². The number of anilines is 1. The first-order valence-electron chi connectivity index (χ1n) is 6.97. The van der Waals surface area contributed by atoms with Crippen molar-refractivity contribution < 1.29 is 14.3 Å². The number of hydrogen-bond donors (Lipinski definition) is 3. The largest absolute Gasteiger partial charge is 0.480 e. The molecule has 6 heteroatoms. The van der Waals surface area contributed by atoms with Gasteiger partial charge in [-0.2, -0.15) is 4.98 Å². The number of aromatic amines is 1. The molecule has 6 nitrogen and oxygen atoms in total. The molecule has 22 heavy (non-hydrogen) atoms. The van der Waals surface area contributed by atoms with Crippen LogP contribution in [-0.2, 0) is 11.2 Å². The number of fused-ring (bicyclic) bond motifs is 1. The molecule has 2 aromatic heterocycles. The van der Waals surface area contributed by atoms with Crippen molar-refractivity contribution in [2.45, 2.75) is 25.8 Å². The number of benzene rings is 1. The minimum absolute atomic E-state index is 0.210. The fourth-order valence-corrected chi connectivity index (χ4v) is 2.48. The van der Waals surface area contributed by atoms with Gasteiger partial charge in [-0.05, 0) is 25.5 Å². The van der Waals surface area contributed by atoms with Gasteiger partial charge in [0, 0.05) is 23.5 Å². The summed E-state index contributed by atoms with van der Waals surface area (Å²) in [6.07, 6.45) is 3.62. The summed E-state index contributed by atoms with van der Waals surface area (Å²) in [5.74, 6) is -0.964. The maximum absolute atomic E-state index is 11.8. The van der Waals surface area contributed by atoms with Crippen molar-refractivity contribution in [3.05, 3.63) is 48.0 Å². The van der Waals surface area contributed by atoms with Gasteiger partial charge in [0.15, 0.2) is 0 Å². The molecule has 0 saturated carbocycles. The topological polar surface area (TPSA) is 91.2 Å². The molecule has 0 aliphatic carbocycles. The Bertz CT molecular complexity index is 821. The summed E-state index contributed by atoms with van der Waals surface area (Å²) in [5.41, 5.74) is 1.39. The third kappa shape index (κ3) is 2.55. The molecule has 0 aliphatic heterocycles. The summed E-state index contributed by atoms with van der Waals surface area (Å²) in [6.45, 7) is 3.41. The van der Waals surface area contributed by atoms with E-state index >= 15 is 0 Å². The van der Waals surface area contributed by atoms with E-state index in [9.17, 15) is 9.90 Å². The fourth-order valence-electron chi connectivity index (χ4n) is 2.48. The molecule has 0 amide bonds. The molecular formula is C16H17N3O3. The molecule has 1 atom stereocenters. The SMILES string of the molecule is Cc1coc(N[C@@](C)(Cc2c[nH]c3ccccc23)C(=O)O)n1. The normalized spacial score (nSPS) is 13.9. The van der Waals surface area contributed by atoms with E-state index in [1.54, 1.807) is 13.8 Å². The van der Waals surface area contributed by atoms with Gasteiger partial charge in [-0.25, -0.2) is 4.79 Å². The van der Waals surface area contributed by atoms with E-state index in [2.05, 4.69) is 15.3 Å². The lowest BCUT2D eigenvalue weighted by Crippen LogP contribution is -2.45. The van der Waals surface area contributed by atoms with E-state index in [4.69, 9.17) is 4.42 Å². The molecule has 0 bridgehead atoms. The maximum atomic E-state index is 11.8. The zero-order valence-electron chi connectivity index (χ0n) is 12.4. The van der Waals surface area contributed by atoms with Gasteiger partial charge in [0.05, 0.1) is 5.69 Å². The monoisotopic (exact) mass is 299 g/mol. The number of nitrogens with zero attached hydrogens (tertiary/aromatic N) is 1. The van der Waals surface area contributed by atoms with Crippen molar-refractivity contribution in [2.75, 3.05) is 5.32 Å². The number of para-hydroxylation sites is 1. The van der Waals surface area contributed by atoms with E-state index in [1.807, 2.05) is 30.5 Å². The number of hydrogen-bond acceptors (Lipinski definition) is 4. The van der Waals surface area contributed by atoms with Crippen LogP contribution in [0.1, 0.15) is 18.2 Å². The van der Waals surface area contributed by atoms with Crippen LogP contribution in [0.5, 0.6) is 0 Å². The number of aryl methyl sites for hydroxylation is 1. The average Bonchev–Trinajstić information content (AvgIpc) is 3.06. The molecule has 0 spiro atoms. The van der Waals surface area contributed by atoms with Crippen LogP contribution in [0, 0.1) is 6.92 Å². The second kappa shape index (κ2) is 5.22. The van der Waals surface area contributed by atoms with Crippen LogP contribution in [0.2, 0.25) is 0 Å². The molecular weight excluding hydrogens is 282 g/mol. The average molecular weight is 299 g/mol. The minimum Gasteiger partial charge on any atom is -0.480 e. The van der Waals surface area contributed by atoms with Gasteiger partial charge in [-0.1, -0.05) is 18.2 Å². The fraction of sp³-hybridized carbons (Fsp3) is 0.250. The molecule has 114 valence electrons. The Morgan fingerprint density at radius 2 is 2.23 bits per heavy atom. The molecule has 3 N–H and O–H groups in total. The Morgan fingerprint density at radius 1 is 1.45 bits per heavy atom. The third-order valence-corrected chi connectivity index (χ3v) is 3.69. The van der Waals surface area contributed by atoms with Gasteiger partial charge in [0.2, 0.25) is 0 Å². The van der Waals surface area contributed by atoms with Crippen molar-refractivity contribution in [3.8, 4) is 0 Å². The maximum Gasteiger partial charge on any atom is 0.329 e. The van der Waals surface area contributed by atoms with Crippen molar-refractivity contribution in [3.63, 3.8) is 0 Å². The number of carboxylic acid groups (broad SMARTS) is 1. The van der Waals surface area contributed by atoms with E-state index in [0.717, 1.165) is 16.5 Å². The number of nitrogens with one attached hydrogen (secondary N) is 2. The van der Waals surface area contributed by atoms with Crippen LogP contribution < -0.4 is 5.32 Å². The number of aliphatic carboxylic acids is 1. The molecule has 2 heterocycles. The lowest BCUT2D eigenvalue weighted by atomic mass is 9.93. The standard InChI is InChI=1S/C16H17N3O3/c1-10-9-22-15(18-10)19-16(2,14(20)21)7-11-8-17-13-6-4-3-5-12(11)13/h3-6,8-9,17H,7H2,1-2H3,(H,18,19)(H,20,21)/t16-/m0/s1. The Morgan fingerprint density at radius 3 is 2.91 bits per heavy atom. The molecule has 3 rings (SSSR count). The van der Waals surface area contributed by atoms with E-state index in [1.165, 1.54) is 6.26 Å². The summed E-state index contributed by atoms with van der Waals surface area (Å²) in [7, 11) is 0. The lowest BCUT2D eigenvalue weighted by molar-refractivity contribution is -0.141. The van der Waals surface area contributed by atoms with Crippen LogP contribution in [0.25, 0.3) is 10.9 Å². The van der Waals surface area contributed by atoms with Crippen LogP contribution in [0.15, 0.2) is 41.1 Å². The molecule has 0 saturated heterocycles. The first kappa shape index (κ1) is 14.2. The number of rotatable bonds is 5. The van der Waals surface area contributed by atoms with Crippen molar-refractivity contribution in [2.24, 2.45) is 0 Å². The zero-order valence-corrected chi connectivity index (χ0v) is 12.4. The highest BCUT2D eigenvalue weighted by Gasteiger charge is 2.35. The first-order chi connectivity index (χ1) is 10.5. The van der Waals surface area contributed by atoms with Crippen LogP contribution in [0.4, 0.5) is 6.01 Å². The van der Waals surface area contributed by atoms with E-state index < -0.39 is 11.5 Å². The lowest BCUT2D eigenvalue weighted by Gasteiger charge is -2.25. The van der Waals surface area contributed by atoms with Crippen molar-refractivity contribution in [1.29, 1.82) is 0 Å². The summed E-state index contributed by atoms with van der Waals surface area (Å²) in [4.78, 5) is 19.0. The molecule has 1 aromatic carbocycles. The number of carboxylic acids is 1. The molecule has 3 aromatic rings. The van der Waals surface area contributed by atoms with Crippen molar-refractivity contribution in [1.82, 2.24) is 9.97 Å². The summed E-state index contributed by atoms with van der Waals surface area (Å²) >= 11 is 0. The Balaban J connectivity index is 1.92. The van der Waals surface area contributed by atoms with Crippen LogP contribution in [0.3, 0.4) is 0 Å². The first-order valence-corrected chi connectivity index (χ1v) is 6.97. The number of oxazole rings is 1. The third-order valence-electron chi connectivity index (χ3n) is 3.69. The predicted octanol–water partition coefficient (Wildman–Crippen LogP) is 2.96. The number of carbonyl (C=O) groups is 1. The highest BCUT2D eigenvalue weighted by atomic mass is 16.4. The Hall–Kier alpha value is -2.76. The summed E-state index contributed by atoms with van der Waals surface area (Å²) in [5, 5.41) is 13.5. The van der Waals surface area contributed by atoms with Gasteiger partial charge in [0.25, 0.3) is 6.01 Å². The van der Waals surface area contributed by atoms with E-state index in [0.29, 0.717) is 12.1 Å². The minimum atomic E-state index is -1.22. The van der Waals surface area contributed by atoms with Gasteiger partial charge in [-0.15, -0.1) is 0 Å². The zero-order chi connectivity index (χ0) is 15.7. The molecule has 0 radical (unpaired) electrons. The molecule has 0 aliphatic rings. The predicted molar refractivity (Wildman–Crippen MR) is 82.9 cm³/mol.